The van der Waals surface area contributed by atoms with Crippen LogP contribution < -0.4 is 15.4 Å². The Kier molecular flexibility index (Phi) is 10.1. The Bertz CT molecular complexity index is 798. The summed E-state index contributed by atoms with van der Waals surface area (Å²) >= 11 is 0. The molecule has 0 unspecified atom stereocenters. The molecule has 10 heteroatoms. The molecule has 5 nitrogen and oxygen atoms in total. The molecule has 2 N–H and O–H groups in total. The Balaban J connectivity index is 0.00000420. The third-order valence-electron chi connectivity index (χ3n) is 3.86. The number of guanidine groups is 1. The highest BCUT2D eigenvalue weighted by Gasteiger charge is 2.28. The first-order valence-corrected chi connectivity index (χ1v) is 8.61. The first-order chi connectivity index (χ1) is 13.3. The summed E-state index contributed by atoms with van der Waals surface area (Å²) in [5, 5.41) is 6.24. The molecule has 160 valence electrons. The van der Waals surface area contributed by atoms with E-state index in [2.05, 4.69) is 25.3 Å². The van der Waals surface area contributed by atoms with Gasteiger partial charge in [-0.15, -0.1) is 24.0 Å². The van der Waals surface area contributed by atoms with Crippen LogP contribution in [0.2, 0.25) is 0 Å². The van der Waals surface area contributed by atoms with Gasteiger partial charge < -0.3 is 15.4 Å². The van der Waals surface area contributed by atoms with Crippen molar-refractivity contribution in [3.05, 3.63) is 59.0 Å². The van der Waals surface area contributed by atoms with Crippen LogP contribution in [-0.2, 0) is 13.0 Å². The second-order valence-electron chi connectivity index (χ2n) is 6.08. The number of nitrogens with zero attached hydrogens (tertiary/aromatic N) is 2. The van der Waals surface area contributed by atoms with Gasteiger partial charge in [-0.05, 0) is 42.2 Å². The largest absolute Gasteiger partial charge is 0.468 e. The molecule has 0 aliphatic heterocycles. The van der Waals surface area contributed by atoms with Gasteiger partial charge in [0.1, 0.15) is 5.82 Å². The smallest absolute Gasteiger partial charge is 0.422 e. The van der Waals surface area contributed by atoms with Crippen LogP contribution in [-0.4, -0.2) is 37.3 Å². The number of aromatic nitrogens is 1. The first-order valence-electron chi connectivity index (χ1n) is 8.61. The van der Waals surface area contributed by atoms with Crippen LogP contribution in [0.15, 0.2) is 41.5 Å². The molecule has 1 heterocycles. The summed E-state index contributed by atoms with van der Waals surface area (Å²) in [6, 6.07) is 7.70. The van der Waals surface area contributed by atoms with E-state index in [1.54, 1.807) is 19.2 Å². The van der Waals surface area contributed by atoms with E-state index in [4.69, 9.17) is 0 Å². The minimum atomic E-state index is -4.40. The van der Waals surface area contributed by atoms with Crippen LogP contribution in [0.3, 0.4) is 0 Å². The monoisotopic (exact) mass is 526 g/mol. The summed E-state index contributed by atoms with van der Waals surface area (Å²) in [5.74, 6) is 0.227. The maximum atomic E-state index is 13.1. The van der Waals surface area contributed by atoms with E-state index < -0.39 is 12.8 Å². The molecule has 0 spiro atoms. The second-order valence-corrected chi connectivity index (χ2v) is 6.08. The van der Waals surface area contributed by atoms with Crippen LogP contribution in [0.4, 0.5) is 17.6 Å². The Hall–Kier alpha value is -2.11. The summed E-state index contributed by atoms with van der Waals surface area (Å²) in [5.41, 5.74) is 2.70. The van der Waals surface area contributed by atoms with Crippen molar-refractivity contribution in [2.24, 2.45) is 4.99 Å². The summed E-state index contributed by atoms with van der Waals surface area (Å²) in [6.45, 7) is 1.48. The molecule has 0 saturated carbocycles. The molecule has 2 rings (SSSR count). The number of benzene rings is 1. The van der Waals surface area contributed by atoms with Crippen molar-refractivity contribution >= 4 is 29.9 Å². The predicted octanol–water partition coefficient (Wildman–Crippen LogP) is 4.00. The fraction of sp³-hybridized carbons (Fsp3) is 0.368. The number of nitrogens with one attached hydrogen (secondary N) is 2. The van der Waals surface area contributed by atoms with Gasteiger partial charge in [0.15, 0.2) is 12.6 Å². The molecule has 0 atom stereocenters. The van der Waals surface area contributed by atoms with Crippen molar-refractivity contribution in [3.63, 3.8) is 0 Å². The Morgan fingerprint density at radius 2 is 1.93 bits per heavy atom. The van der Waals surface area contributed by atoms with Crippen molar-refractivity contribution < 1.29 is 22.3 Å². The topological polar surface area (TPSA) is 58.5 Å². The fourth-order valence-corrected chi connectivity index (χ4v) is 2.42. The van der Waals surface area contributed by atoms with Gasteiger partial charge in [0, 0.05) is 32.4 Å². The Labute approximate surface area is 184 Å². The second kappa shape index (κ2) is 11.8. The molecule has 0 aliphatic rings. The van der Waals surface area contributed by atoms with Crippen molar-refractivity contribution in [1.82, 2.24) is 15.6 Å². The molecule has 0 saturated heterocycles. The van der Waals surface area contributed by atoms with Crippen LogP contribution in [0, 0.1) is 12.7 Å². The Morgan fingerprint density at radius 3 is 2.52 bits per heavy atom. The highest BCUT2D eigenvalue weighted by Crippen LogP contribution is 2.17. The van der Waals surface area contributed by atoms with Gasteiger partial charge in [0.2, 0.25) is 5.88 Å². The zero-order valence-corrected chi connectivity index (χ0v) is 18.3. The number of alkyl halides is 3. The van der Waals surface area contributed by atoms with Crippen LogP contribution >= 0.6 is 24.0 Å². The van der Waals surface area contributed by atoms with Gasteiger partial charge in [-0.1, -0.05) is 12.1 Å². The maximum absolute atomic E-state index is 13.1. The molecule has 1 aromatic heterocycles. The Morgan fingerprint density at radius 1 is 1.17 bits per heavy atom. The number of hydrogen-bond donors (Lipinski definition) is 2. The lowest BCUT2D eigenvalue weighted by atomic mass is 10.1. The highest BCUT2D eigenvalue weighted by molar-refractivity contribution is 14.0. The third-order valence-corrected chi connectivity index (χ3v) is 3.86. The molecule has 0 aliphatic carbocycles. The molecule has 29 heavy (non-hydrogen) atoms. The van der Waals surface area contributed by atoms with Crippen LogP contribution in [0.5, 0.6) is 5.88 Å². The van der Waals surface area contributed by atoms with Gasteiger partial charge in [0.05, 0.1) is 0 Å². The number of aliphatic imine (C=N–C) groups is 1. The van der Waals surface area contributed by atoms with E-state index in [1.165, 1.54) is 24.4 Å². The van der Waals surface area contributed by atoms with E-state index in [1.807, 2.05) is 6.92 Å². The van der Waals surface area contributed by atoms with Gasteiger partial charge in [0.25, 0.3) is 0 Å². The zero-order chi connectivity index (χ0) is 20.6. The standard InChI is InChI=1S/C19H22F4N4O.HI/c1-13-9-16(20)5-4-15(13)7-8-25-18(24-2)27-11-14-3-6-17(26-10-14)28-12-19(21,22)23;/h3-6,9-10H,7-8,11-12H2,1-2H3,(H2,24,25,27);1H. The lowest BCUT2D eigenvalue weighted by molar-refractivity contribution is -0.154. The summed E-state index contributed by atoms with van der Waals surface area (Å²) < 4.78 is 54.1. The number of halogens is 5. The number of pyridine rings is 1. The number of hydrogen-bond acceptors (Lipinski definition) is 3. The summed E-state index contributed by atoms with van der Waals surface area (Å²) in [6.07, 6.45) is -2.25. The molecule has 0 amide bonds. The lowest BCUT2D eigenvalue weighted by Gasteiger charge is -2.13. The highest BCUT2D eigenvalue weighted by atomic mass is 127. The zero-order valence-electron chi connectivity index (χ0n) is 16.0. The number of rotatable bonds is 7. The van der Waals surface area contributed by atoms with Gasteiger partial charge in [-0.25, -0.2) is 9.37 Å². The van der Waals surface area contributed by atoms with E-state index in [9.17, 15) is 17.6 Å². The first kappa shape index (κ1) is 24.9. The fourth-order valence-electron chi connectivity index (χ4n) is 2.42. The SMILES string of the molecule is CN=C(NCCc1ccc(F)cc1C)NCc1ccc(OCC(F)(F)F)nc1.I. The van der Waals surface area contributed by atoms with E-state index in [0.717, 1.165) is 16.7 Å². The summed E-state index contributed by atoms with van der Waals surface area (Å²) in [4.78, 5) is 7.96. The predicted molar refractivity (Wildman–Crippen MR) is 114 cm³/mol. The molecular weight excluding hydrogens is 503 g/mol. The quantitative estimate of drug-likeness (QED) is 0.248. The van der Waals surface area contributed by atoms with Gasteiger partial charge in [-0.3, -0.25) is 4.99 Å². The average Bonchev–Trinajstić information content (AvgIpc) is 2.64. The van der Waals surface area contributed by atoms with Crippen molar-refractivity contribution in [2.45, 2.75) is 26.1 Å². The molecular formula is C19H23F4IN4O. The number of ether oxygens (including phenoxy) is 1. The molecule has 1 aromatic carbocycles. The maximum Gasteiger partial charge on any atom is 0.422 e. The van der Waals surface area contributed by atoms with Crippen LogP contribution in [0.25, 0.3) is 0 Å². The molecule has 2 aromatic rings. The minimum absolute atomic E-state index is 0. The van der Waals surface area contributed by atoms with E-state index in [-0.39, 0.29) is 35.7 Å². The number of aryl methyl sites for hydroxylation is 1. The minimum Gasteiger partial charge on any atom is -0.468 e. The molecule has 0 fully saturated rings. The van der Waals surface area contributed by atoms with Crippen molar-refractivity contribution in [1.29, 1.82) is 0 Å². The van der Waals surface area contributed by atoms with E-state index >= 15 is 0 Å². The van der Waals surface area contributed by atoms with Crippen molar-refractivity contribution in [3.8, 4) is 5.88 Å². The van der Waals surface area contributed by atoms with Crippen molar-refractivity contribution in [2.75, 3.05) is 20.2 Å². The van der Waals surface area contributed by atoms with Gasteiger partial charge >= 0.3 is 6.18 Å². The molecule has 0 radical (unpaired) electrons. The summed E-state index contributed by atoms with van der Waals surface area (Å²) in [7, 11) is 1.63. The van der Waals surface area contributed by atoms with Crippen LogP contribution in [0.1, 0.15) is 16.7 Å². The van der Waals surface area contributed by atoms with Gasteiger partial charge in [-0.2, -0.15) is 13.2 Å². The third kappa shape index (κ3) is 9.29. The average molecular weight is 526 g/mol. The molecule has 0 bridgehead atoms. The normalized spacial score (nSPS) is 11.6. The van der Waals surface area contributed by atoms with E-state index in [0.29, 0.717) is 25.5 Å². The lowest BCUT2D eigenvalue weighted by Crippen LogP contribution is -2.37.